The van der Waals surface area contributed by atoms with Crippen LogP contribution in [0.3, 0.4) is 0 Å². The first kappa shape index (κ1) is 29.6. The minimum absolute atomic E-state index is 0. The van der Waals surface area contributed by atoms with Crippen LogP contribution in [0.25, 0.3) is 31.4 Å². The van der Waals surface area contributed by atoms with Crippen molar-refractivity contribution in [2.45, 2.75) is 78.1 Å². The first-order valence-electron chi connectivity index (χ1n) is 13.8. The molecule has 3 nitrogen and oxygen atoms in total. The minimum atomic E-state index is -0.255. The number of hydrogen-bond donors (Lipinski definition) is 1. The van der Waals surface area contributed by atoms with E-state index in [1.807, 2.05) is 17.5 Å². The van der Waals surface area contributed by atoms with Crippen molar-refractivity contribution in [2.75, 3.05) is 0 Å². The van der Waals surface area contributed by atoms with Crippen LogP contribution in [0.15, 0.2) is 48.4 Å². The number of benzene rings is 2. The Balaban J connectivity index is 0.000000394. The molecule has 0 unspecified atom stereocenters. The number of hydrogen-bond acceptors (Lipinski definition) is 4. The molecule has 2 aliphatic rings. The number of aromatic nitrogens is 1. The molecular formula is C33H35FIrNO2S-. The number of carbonyl (C=O) groups is 1. The number of thiophene rings is 1. The second-order valence-electron chi connectivity index (χ2n) is 10.7. The van der Waals surface area contributed by atoms with E-state index in [1.165, 1.54) is 116 Å². The third-order valence-corrected chi connectivity index (χ3v) is 8.93. The van der Waals surface area contributed by atoms with Gasteiger partial charge in [0.2, 0.25) is 0 Å². The van der Waals surface area contributed by atoms with Crippen molar-refractivity contribution in [3.8, 4) is 11.3 Å². The molecule has 39 heavy (non-hydrogen) atoms. The average molecular weight is 721 g/mol. The van der Waals surface area contributed by atoms with E-state index in [9.17, 15) is 9.18 Å². The molecule has 2 heterocycles. The topological polar surface area (TPSA) is 50.2 Å². The smallest absolute Gasteiger partial charge is 0.155 e. The number of aliphatic hydroxyl groups is 1. The van der Waals surface area contributed by atoms with Gasteiger partial charge in [-0.2, -0.15) is 0 Å². The van der Waals surface area contributed by atoms with E-state index in [2.05, 4.69) is 18.2 Å². The predicted octanol–water partition coefficient (Wildman–Crippen LogP) is 9.09. The zero-order valence-corrected chi connectivity index (χ0v) is 25.8. The molecular weight excluding hydrogens is 686 g/mol. The molecule has 2 aromatic carbocycles. The van der Waals surface area contributed by atoms with Gasteiger partial charge in [-0.25, -0.2) is 0 Å². The van der Waals surface area contributed by atoms with E-state index < -0.39 is 0 Å². The summed E-state index contributed by atoms with van der Waals surface area (Å²) in [6, 6.07) is 12.5. The molecule has 2 aromatic heterocycles. The number of allylic oxidation sites excluding steroid dienone is 2. The van der Waals surface area contributed by atoms with Gasteiger partial charge in [0.15, 0.2) is 5.78 Å². The maximum atomic E-state index is 13.5. The fraction of sp³-hybridized carbons (Fsp3) is 0.394. The van der Waals surface area contributed by atoms with E-state index in [1.54, 1.807) is 22.8 Å². The fourth-order valence-corrected chi connectivity index (χ4v) is 7.44. The summed E-state index contributed by atoms with van der Waals surface area (Å²) < 4.78 is 16.1. The van der Waals surface area contributed by atoms with Gasteiger partial charge >= 0.3 is 0 Å². The van der Waals surface area contributed by atoms with Crippen molar-refractivity contribution in [1.82, 2.24) is 4.98 Å². The molecule has 0 aliphatic heterocycles. The Labute approximate surface area is 247 Å². The molecule has 0 spiro atoms. The summed E-state index contributed by atoms with van der Waals surface area (Å²) >= 11 is 1.86. The zero-order valence-electron chi connectivity index (χ0n) is 22.6. The first-order valence-corrected chi connectivity index (χ1v) is 14.6. The van der Waals surface area contributed by atoms with Crippen LogP contribution < -0.4 is 0 Å². The van der Waals surface area contributed by atoms with Gasteiger partial charge in [-0.15, -0.1) is 41.2 Å². The Kier molecular flexibility index (Phi) is 10.1. The summed E-state index contributed by atoms with van der Waals surface area (Å²) in [6.07, 6.45) is 16.3. The number of halogens is 1. The molecule has 0 bridgehead atoms. The van der Waals surface area contributed by atoms with Crippen molar-refractivity contribution in [3.05, 3.63) is 76.9 Å². The van der Waals surface area contributed by atoms with Crippen LogP contribution in [0.5, 0.6) is 0 Å². The normalized spacial score (nSPS) is 15.8. The quantitative estimate of drug-likeness (QED) is 0.130. The van der Waals surface area contributed by atoms with Crippen LogP contribution in [-0.4, -0.2) is 15.9 Å². The zero-order chi connectivity index (χ0) is 26.6. The van der Waals surface area contributed by atoms with Gasteiger partial charge in [0.05, 0.1) is 5.76 Å². The summed E-state index contributed by atoms with van der Waals surface area (Å²) in [5, 5.41) is 11.2. The third kappa shape index (κ3) is 6.85. The molecule has 1 fully saturated rings. The fourth-order valence-electron chi connectivity index (χ4n) is 6.14. The number of aryl methyl sites for hydroxylation is 1. The second kappa shape index (κ2) is 13.3. The summed E-state index contributed by atoms with van der Waals surface area (Å²) in [7, 11) is 0. The number of ketones is 1. The number of pyridine rings is 1. The molecule has 4 aromatic rings. The van der Waals surface area contributed by atoms with Gasteiger partial charge < -0.3 is 10.1 Å². The molecule has 0 saturated heterocycles. The minimum Gasteiger partial charge on any atom is -0.512 e. The van der Waals surface area contributed by atoms with Crippen molar-refractivity contribution in [1.29, 1.82) is 0 Å². The van der Waals surface area contributed by atoms with E-state index in [-0.39, 0.29) is 37.5 Å². The van der Waals surface area contributed by atoms with Crippen LogP contribution in [0.2, 0.25) is 0 Å². The van der Waals surface area contributed by atoms with Gasteiger partial charge in [-0.1, -0.05) is 32.1 Å². The van der Waals surface area contributed by atoms with Crippen molar-refractivity contribution in [3.63, 3.8) is 0 Å². The number of carbonyl (C=O) groups excluding carboxylic acids is 1. The van der Waals surface area contributed by atoms with Gasteiger partial charge in [-0.05, 0) is 86.1 Å². The van der Waals surface area contributed by atoms with Crippen molar-refractivity contribution in [2.24, 2.45) is 5.92 Å². The number of aliphatic hydroxyl groups excluding tert-OH is 1. The van der Waals surface area contributed by atoms with Gasteiger partial charge in [0, 0.05) is 58.7 Å². The maximum absolute atomic E-state index is 13.5. The summed E-state index contributed by atoms with van der Waals surface area (Å²) in [5.41, 5.74) is 6.66. The predicted molar refractivity (Wildman–Crippen MR) is 155 cm³/mol. The van der Waals surface area contributed by atoms with Crippen LogP contribution in [0, 0.1) is 17.8 Å². The van der Waals surface area contributed by atoms with Gasteiger partial charge in [-0.3, -0.25) is 9.18 Å². The summed E-state index contributed by atoms with van der Waals surface area (Å²) in [5.74, 6) is 0.509. The van der Waals surface area contributed by atoms with Gasteiger partial charge in [0.1, 0.15) is 0 Å². The van der Waals surface area contributed by atoms with Crippen LogP contribution in [0.4, 0.5) is 4.39 Å². The maximum Gasteiger partial charge on any atom is 0.155 e. The Hall–Kier alpha value is -2.40. The van der Waals surface area contributed by atoms with E-state index in [4.69, 9.17) is 10.1 Å². The van der Waals surface area contributed by atoms with Crippen LogP contribution in [0.1, 0.15) is 75.5 Å². The van der Waals surface area contributed by atoms with Gasteiger partial charge in [0.25, 0.3) is 0 Å². The van der Waals surface area contributed by atoms with Crippen molar-refractivity contribution < 1.29 is 34.4 Å². The van der Waals surface area contributed by atoms with E-state index in [0.717, 1.165) is 17.2 Å². The molecule has 6 heteroatoms. The molecule has 207 valence electrons. The number of nitrogens with zero attached hydrogens (tertiary/aromatic N) is 1. The standard InChI is InChI=1S/C28H27FNS.C5H8O2.Ir/c29-21-12-10-19(11-13-21)27-28-23(14-15-30-27)26-24(16-18-6-2-1-3-7-18)22-9-5-4-8-20(22)17-25(26)31-28;1-4(6)3-5(2)7;/h10,12-15,17-18H,1-9,16H2;3,6H,1-2H3;/q-1;;/b;4-3-;. The molecule has 0 amide bonds. The average Bonchev–Trinajstić information content (AvgIpc) is 3.28. The molecule has 1 N–H and O–H groups in total. The Morgan fingerprint density at radius 1 is 1.13 bits per heavy atom. The molecule has 0 atom stereocenters. The van der Waals surface area contributed by atoms with Crippen LogP contribution >= 0.6 is 11.3 Å². The largest absolute Gasteiger partial charge is 0.512 e. The van der Waals surface area contributed by atoms with Crippen molar-refractivity contribution >= 4 is 37.3 Å². The van der Waals surface area contributed by atoms with Crippen LogP contribution in [-0.2, 0) is 44.2 Å². The second-order valence-corrected chi connectivity index (χ2v) is 11.8. The molecule has 6 rings (SSSR count). The third-order valence-electron chi connectivity index (χ3n) is 7.77. The molecule has 1 radical (unpaired) electrons. The molecule has 1 saturated carbocycles. The molecule has 2 aliphatic carbocycles. The number of rotatable bonds is 4. The summed E-state index contributed by atoms with van der Waals surface area (Å²) in [4.78, 5) is 14.7. The summed E-state index contributed by atoms with van der Waals surface area (Å²) in [6.45, 7) is 2.85. The van der Waals surface area contributed by atoms with E-state index in [0.29, 0.717) is 0 Å². The Morgan fingerprint density at radius 2 is 1.90 bits per heavy atom. The Bertz CT molecular complexity index is 1480. The first-order chi connectivity index (χ1) is 18.4. The SMILES string of the molecule is CC(=O)/C=C(/C)O.Fc1c[c-]c(-c2nccc3c2sc2cc4c(c(CC5CCCCC5)c23)CCCC4)cc1.[Ir]. The van der Waals surface area contributed by atoms with E-state index >= 15 is 0 Å². The monoisotopic (exact) mass is 721 g/mol. The Morgan fingerprint density at radius 3 is 2.56 bits per heavy atom. The number of fused-ring (bicyclic) bond motifs is 4.